The molecule has 0 radical (unpaired) electrons. The quantitative estimate of drug-likeness (QED) is 0.834. The Morgan fingerprint density at radius 2 is 1.57 bits per heavy atom. The molecule has 0 atom stereocenters. The molecule has 0 saturated heterocycles. The van der Waals surface area contributed by atoms with Crippen LogP contribution in [0.15, 0.2) is 34.7 Å². The van der Waals surface area contributed by atoms with Crippen molar-refractivity contribution in [3.8, 4) is 0 Å². The SMILES string of the molecule is Cc1cc(C(=O)NNC(=O)c2ccccc2C(F)(F)F)c(C)o1. The summed E-state index contributed by atoms with van der Waals surface area (Å²) in [5.74, 6) is -0.910. The first kappa shape index (κ1) is 16.6. The first-order valence-corrected chi connectivity index (χ1v) is 6.54. The van der Waals surface area contributed by atoms with E-state index in [2.05, 4.69) is 5.43 Å². The molecule has 2 amide bonds. The fourth-order valence-electron chi connectivity index (χ4n) is 2.03. The number of hydrogen-bond acceptors (Lipinski definition) is 3. The number of carbonyl (C=O) groups is 2. The molecule has 8 heteroatoms. The van der Waals surface area contributed by atoms with E-state index in [1.165, 1.54) is 18.2 Å². The van der Waals surface area contributed by atoms with Crippen LogP contribution in [0.3, 0.4) is 0 Å². The molecule has 5 nitrogen and oxygen atoms in total. The normalized spacial score (nSPS) is 11.2. The van der Waals surface area contributed by atoms with Crippen molar-refractivity contribution in [1.82, 2.24) is 10.9 Å². The number of aryl methyl sites for hydroxylation is 2. The summed E-state index contributed by atoms with van der Waals surface area (Å²) in [4.78, 5) is 23.8. The van der Waals surface area contributed by atoms with Crippen LogP contribution >= 0.6 is 0 Å². The van der Waals surface area contributed by atoms with Gasteiger partial charge in [-0.15, -0.1) is 0 Å². The molecule has 0 fully saturated rings. The van der Waals surface area contributed by atoms with Crippen molar-refractivity contribution in [2.45, 2.75) is 20.0 Å². The van der Waals surface area contributed by atoms with Crippen molar-refractivity contribution in [3.63, 3.8) is 0 Å². The van der Waals surface area contributed by atoms with E-state index >= 15 is 0 Å². The first-order valence-electron chi connectivity index (χ1n) is 6.54. The molecule has 0 aliphatic rings. The smallest absolute Gasteiger partial charge is 0.417 e. The van der Waals surface area contributed by atoms with Gasteiger partial charge in [0.25, 0.3) is 11.8 Å². The Kier molecular flexibility index (Phi) is 4.44. The summed E-state index contributed by atoms with van der Waals surface area (Å²) in [5, 5.41) is 0. The monoisotopic (exact) mass is 326 g/mol. The molecule has 0 aliphatic carbocycles. The molecule has 0 saturated carbocycles. The van der Waals surface area contributed by atoms with E-state index < -0.39 is 29.1 Å². The average molecular weight is 326 g/mol. The lowest BCUT2D eigenvalue weighted by molar-refractivity contribution is -0.137. The third-order valence-electron chi connectivity index (χ3n) is 3.05. The fourth-order valence-corrected chi connectivity index (χ4v) is 2.03. The first-order chi connectivity index (χ1) is 10.7. The minimum atomic E-state index is -4.67. The van der Waals surface area contributed by atoms with Gasteiger partial charge in [0.15, 0.2) is 0 Å². The second-order valence-corrected chi connectivity index (χ2v) is 4.78. The second-order valence-electron chi connectivity index (χ2n) is 4.78. The Bertz CT molecular complexity index is 751. The maximum atomic E-state index is 12.8. The number of amides is 2. The van der Waals surface area contributed by atoms with Crippen LogP contribution in [0.2, 0.25) is 0 Å². The molecule has 2 N–H and O–H groups in total. The standard InChI is InChI=1S/C15H13F3N2O3/c1-8-7-11(9(2)23-8)14(22)20-19-13(21)10-5-3-4-6-12(10)15(16,17)18/h3-7H,1-2H3,(H,19,21)(H,20,22). The summed E-state index contributed by atoms with van der Waals surface area (Å²) in [7, 11) is 0. The Morgan fingerprint density at radius 1 is 1.00 bits per heavy atom. The van der Waals surface area contributed by atoms with Crippen LogP contribution < -0.4 is 10.9 Å². The van der Waals surface area contributed by atoms with Crippen LogP contribution in [0.25, 0.3) is 0 Å². The maximum absolute atomic E-state index is 12.8. The van der Waals surface area contributed by atoms with E-state index in [1.54, 1.807) is 13.8 Å². The largest absolute Gasteiger partial charge is 0.466 e. The summed E-state index contributed by atoms with van der Waals surface area (Å²) >= 11 is 0. The minimum Gasteiger partial charge on any atom is -0.466 e. The lowest BCUT2D eigenvalue weighted by Gasteiger charge is -2.12. The second kappa shape index (κ2) is 6.15. The number of carbonyl (C=O) groups excluding carboxylic acids is 2. The molecule has 2 rings (SSSR count). The Hall–Kier alpha value is -2.77. The predicted molar refractivity (Wildman–Crippen MR) is 74.6 cm³/mol. The Labute approximate surface area is 129 Å². The van der Waals surface area contributed by atoms with Gasteiger partial charge < -0.3 is 4.42 Å². The zero-order chi connectivity index (χ0) is 17.2. The van der Waals surface area contributed by atoms with E-state index in [0.29, 0.717) is 11.5 Å². The number of rotatable bonds is 2. The van der Waals surface area contributed by atoms with E-state index in [4.69, 9.17) is 4.42 Å². The van der Waals surface area contributed by atoms with E-state index in [9.17, 15) is 22.8 Å². The highest BCUT2D eigenvalue weighted by molar-refractivity contribution is 6.00. The van der Waals surface area contributed by atoms with Crippen LogP contribution in [0.4, 0.5) is 13.2 Å². The van der Waals surface area contributed by atoms with Gasteiger partial charge in [-0.2, -0.15) is 13.2 Å². The van der Waals surface area contributed by atoms with Gasteiger partial charge in [0.1, 0.15) is 11.5 Å². The number of benzene rings is 1. The molecule has 23 heavy (non-hydrogen) atoms. The molecule has 0 unspecified atom stereocenters. The predicted octanol–water partition coefficient (Wildman–Crippen LogP) is 2.99. The summed E-state index contributed by atoms with van der Waals surface area (Å²) in [6.07, 6.45) is -4.67. The van der Waals surface area contributed by atoms with Crippen LogP contribution in [0.5, 0.6) is 0 Å². The molecule has 1 aromatic heterocycles. The van der Waals surface area contributed by atoms with Gasteiger partial charge in [-0.25, -0.2) is 0 Å². The molecule has 2 aromatic rings. The lowest BCUT2D eigenvalue weighted by Crippen LogP contribution is -2.42. The molecule has 0 spiro atoms. The maximum Gasteiger partial charge on any atom is 0.417 e. The van der Waals surface area contributed by atoms with Crippen molar-refractivity contribution in [1.29, 1.82) is 0 Å². The van der Waals surface area contributed by atoms with Gasteiger partial charge in [0.2, 0.25) is 0 Å². The highest BCUT2D eigenvalue weighted by atomic mass is 19.4. The number of hydrazine groups is 1. The van der Waals surface area contributed by atoms with Crippen molar-refractivity contribution in [3.05, 3.63) is 58.5 Å². The van der Waals surface area contributed by atoms with Gasteiger partial charge in [-0.1, -0.05) is 12.1 Å². The third-order valence-corrected chi connectivity index (χ3v) is 3.05. The topological polar surface area (TPSA) is 71.3 Å². The lowest BCUT2D eigenvalue weighted by atomic mass is 10.1. The van der Waals surface area contributed by atoms with E-state index in [0.717, 1.165) is 12.1 Å². The summed E-state index contributed by atoms with van der Waals surface area (Å²) < 4.78 is 43.7. The van der Waals surface area contributed by atoms with E-state index in [-0.39, 0.29) is 5.56 Å². The number of hydrogen-bond donors (Lipinski definition) is 2. The molecular formula is C15H13F3N2O3. The molecular weight excluding hydrogens is 313 g/mol. The van der Waals surface area contributed by atoms with Crippen molar-refractivity contribution in [2.24, 2.45) is 0 Å². The fraction of sp³-hybridized carbons (Fsp3) is 0.200. The van der Waals surface area contributed by atoms with Gasteiger partial charge in [0.05, 0.1) is 16.7 Å². The third kappa shape index (κ3) is 3.71. The van der Waals surface area contributed by atoms with Gasteiger partial charge in [0, 0.05) is 0 Å². The molecule has 122 valence electrons. The summed E-state index contributed by atoms with van der Waals surface area (Å²) in [6, 6.07) is 5.75. The number of halogens is 3. The van der Waals surface area contributed by atoms with Crippen molar-refractivity contribution >= 4 is 11.8 Å². The van der Waals surface area contributed by atoms with Gasteiger partial charge in [-0.05, 0) is 32.0 Å². The molecule has 0 bridgehead atoms. The average Bonchev–Trinajstić information content (AvgIpc) is 2.82. The minimum absolute atomic E-state index is 0.187. The van der Waals surface area contributed by atoms with Crippen LogP contribution in [-0.2, 0) is 6.18 Å². The van der Waals surface area contributed by atoms with Crippen molar-refractivity contribution < 1.29 is 27.2 Å². The Morgan fingerprint density at radius 3 is 2.09 bits per heavy atom. The van der Waals surface area contributed by atoms with Crippen LogP contribution in [-0.4, -0.2) is 11.8 Å². The number of nitrogens with one attached hydrogen (secondary N) is 2. The summed E-state index contributed by atoms with van der Waals surface area (Å²) in [6.45, 7) is 3.20. The number of furan rings is 1. The summed E-state index contributed by atoms with van der Waals surface area (Å²) in [5.41, 5.74) is 2.55. The van der Waals surface area contributed by atoms with Gasteiger partial charge in [-0.3, -0.25) is 20.4 Å². The van der Waals surface area contributed by atoms with Crippen LogP contribution in [0, 0.1) is 13.8 Å². The Balaban J connectivity index is 2.12. The van der Waals surface area contributed by atoms with Gasteiger partial charge >= 0.3 is 6.18 Å². The highest BCUT2D eigenvalue weighted by Gasteiger charge is 2.34. The molecule has 1 heterocycles. The molecule has 0 aliphatic heterocycles. The van der Waals surface area contributed by atoms with Crippen LogP contribution in [0.1, 0.15) is 37.8 Å². The highest BCUT2D eigenvalue weighted by Crippen LogP contribution is 2.31. The zero-order valence-electron chi connectivity index (χ0n) is 12.2. The van der Waals surface area contributed by atoms with E-state index in [1.807, 2.05) is 5.43 Å². The number of alkyl halides is 3. The van der Waals surface area contributed by atoms with Crippen molar-refractivity contribution in [2.75, 3.05) is 0 Å². The zero-order valence-corrected chi connectivity index (χ0v) is 12.2. The molecule has 1 aromatic carbocycles.